The Kier molecular flexibility index (Phi) is 5.70. The van der Waals surface area contributed by atoms with Crippen molar-refractivity contribution in [3.8, 4) is 0 Å². The van der Waals surface area contributed by atoms with Gasteiger partial charge in [-0.25, -0.2) is 4.98 Å². The normalized spacial score (nSPS) is 18.4. The molecule has 0 spiro atoms. The number of aromatic nitrogens is 2. The van der Waals surface area contributed by atoms with Crippen molar-refractivity contribution in [3.05, 3.63) is 12.4 Å². The molecule has 1 aromatic heterocycles. The number of unbranched alkanes of at least 4 members (excludes halogenated alkanes) is 1. The first kappa shape index (κ1) is 14.4. The van der Waals surface area contributed by atoms with Gasteiger partial charge in [-0.05, 0) is 39.3 Å². The Morgan fingerprint density at radius 1 is 1.32 bits per heavy atom. The molecule has 4 nitrogen and oxygen atoms in total. The van der Waals surface area contributed by atoms with E-state index in [2.05, 4.69) is 39.8 Å². The molecule has 2 heterocycles. The summed E-state index contributed by atoms with van der Waals surface area (Å²) in [6.07, 6.45) is 10.5. The van der Waals surface area contributed by atoms with Crippen LogP contribution in [0.4, 0.5) is 5.95 Å². The van der Waals surface area contributed by atoms with E-state index in [9.17, 15) is 0 Å². The first-order chi connectivity index (χ1) is 9.31. The zero-order valence-electron chi connectivity index (χ0n) is 12.4. The number of likely N-dealkylation sites (tertiary alicyclic amines) is 1. The lowest BCUT2D eigenvalue weighted by molar-refractivity contribution is 0.202. The standard InChI is InChI=1S/C15H28N4/c1-3-4-8-16-15-17-9-12-19(15)14(2)13-18-10-6-5-7-11-18/h9,12,14H,3-8,10-11,13H2,1-2H3,(H,16,17). The first-order valence-corrected chi connectivity index (χ1v) is 7.80. The maximum atomic E-state index is 4.44. The summed E-state index contributed by atoms with van der Waals surface area (Å²) in [5.74, 6) is 1.03. The number of hydrogen-bond donors (Lipinski definition) is 1. The zero-order valence-corrected chi connectivity index (χ0v) is 12.4. The highest BCUT2D eigenvalue weighted by atomic mass is 15.2. The molecule has 1 atom stereocenters. The zero-order chi connectivity index (χ0) is 13.5. The highest BCUT2D eigenvalue weighted by molar-refractivity contribution is 5.26. The number of anilines is 1. The second-order valence-corrected chi connectivity index (χ2v) is 5.65. The summed E-state index contributed by atoms with van der Waals surface area (Å²) in [6, 6.07) is 0.490. The van der Waals surface area contributed by atoms with Gasteiger partial charge in [-0.1, -0.05) is 19.8 Å². The molecule has 0 saturated carbocycles. The molecule has 1 N–H and O–H groups in total. The van der Waals surface area contributed by atoms with Gasteiger partial charge in [-0.3, -0.25) is 0 Å². The third kappa shape index (κ3) is 4.23. The van der Waals surface area contributed by atoms with Crippen LogP contribution in [0.25, 0.3) is 0 Å². The minimum atomic E-state index is 0.490. The molecule has 4 heteroatoms. The van der Waals surface area contributed by atoms with Crippen molar-refractivity contribution in [2.75, 3.05) is 31.5 Å². The monoisotopic (exact) mass is 264 g/mol. The summed E-state index contributed by atoms with van der Waals surface area (Å²) >= 11 is 0. The first-order valence-electron chi connectivity index (χ1n) is 7.80. The van der Waals surface area contributed by atoms with Crippen molar-refractivity contribution in [1.29, 1.82) is 0 Å². The van der Waals surface area contributed by atoms with E-state index in [0.29, 0.717) is 6.04 Å². The van der Waals surface area contributed by atoms with Crippen molar-refractivity contribution < 1.29 is 0 Å². The summed E-state index contributed by atoms with van der Waals surface area (Å²) in [6.45, 7) is 9.19. The molecule has 0 amide bonds. The minimum Gasteiger partial charge on any atom is -0.356 e. The van der Waals surface area contributed by atoms with Crippen LogP contribution in [-0.4, -0.2) is 40.6 Å². The SMILES string of the molecule is CCCCNc1nccn1C(C)CN1CCCCC1. The molecule has 2 rings (SSSR count). The van der Waals surface area contributed by atoms with Crippen LogP contribution in [0.1, 0.15) is 52.0 Å². The molecule has 108 valence electrons. The molecule has 1 fully saturated rings. The van der Waals surface area contributed by atoms with Gasteiger partial charge in [0.1, 0.15) is 0 Å². The van der Waals surface area contributed by atoms with Crippen LogP contribution in [0.5, 0.6) is 0 Å². The molecule has 0 aromatic carbocycles. The van der Waals surface area contributed by atoms with Gasteiger partial charge in [0.25, 0.3) is 0 Å². The highest BCUT2D eigenvalue weighted by Crippen LogP contribution is 2.17. The van der Waals surface area contributed by atoms with Gasteiger partial charge in [0.05, 0.1) is 0 Å². The van der Waals surface area contributed by atoms with Crippen LogP contribution in [0.3, 0.4) is 0 Å². The van der Waals surface area contributed by atoms with Gasteiger partial charge in [0.2, 0.25) is 5.95 Å². The fraction of sp³-hybridized carbons (Fsp3) is 0.800. The van der Waals surface area contributed by atoms with E-state index >= 15 is 0 Å². The van der Waals surface area contributed by atoms with Crippen molar-refractivity contribution in [2.45, 2.75) is 52.0 Å². The quantitative estimate of drug-likeness (QED) is 0.768. The molecule has 0 bridgehead atoms. The van der Waals surface area contributed by atoms with Crippen LogP contribution in [-0.2, 0) is 0 Å². The second-order valence-electron chi connectivity index (χ2n) is 5.65. The minimum absolute atomic E-state index is 0.490. The largest absolute Gasteiger partial charge is 0.356 e. The molecule has 1 saturated heterocycles. The van der Waals surface area contributed by atoms with Gasteiger partial charge in [-0.2, -0.15) is 0 Å². The number of nitrogens with zero attached hydrogens (tertiary/aromatic N) is 3. The average molecular weight is 264 g/mol. The lowest BCUT2D eigenvalue weighted by Gasteiger charge is -2.30. The summed E-state index contributed by atoms with van der Waals surface area (Å²) in [4.78, 5) is 7.02. The van der Waals surface area contributed by atoms with E-state index in [1.165, 1.54) is 45.2 Å². The third-order valence-corrected chi connectivity index (χ3v) is 3.93. The second kappa shape index (κ2) is 7.53. The Hall–Kier alpha value is -1.03. The van der Waals surface area contributed by atoms with Gasteiger partial charge < -0.3 is 14.8 Å². The van der Waals surface area contributed by atoms with Crippen LogP contribution < -0.4 is 5.32 Å². The number of piperidine rings is 1. The van der Waals surface area contributed by atoms with E-state index < -0.39 is 0 Å². The molecule has 0 radical (unpaired) electrons. The molecule has 1 aliphatic rings. The van der Waals surface area contributed by atoms with Crippen LogP contribution in [0, 0.1) is 0 Å². The molecule has 1 aliphatic heterocycles. The van der Waals surface area contributed by atoms with Gasteiger partial charge in [0.15, 0.2) is 0 Å². The highest BCUT2D eigenvalue weighted by Gasteiger charge is 2.16. The topological polar surface area (TPSA) is 33.1 Å². The van der Waals surface area contributed by atoms with Crippen molar-refractivity contribution in [2.24, 2.45) is 0 Å². The Balaban J connectivity index is 1.87. The smallest absolute Gasteiger partial charge is 0.203 e. The lowest BCUT2D eigenvalue weighted by Crippen LogP contribution is -2.34. The molecule has 1 aromatic rings. The van der Waals surface area contributed by atoms with Crippen LogP contribution in [0.15, 0.2) is 12.4 Å². The van der Waals surface area contributed by atoms with Gasteiger partial charge >= 0.3 is 0 Å². The molecule has 0 aliphatic carbocycles. The number of imidazole rings is 1. The van der Waals surface area contributed by atoms with E-state index in [0.717, 1.165) is 19.0 Å². The van der Waals surface area contributed by atoms with E-state index in [-0.39, 0.29) is 0 Å². The van der Waals surface area contributed by atoms with E-state index in [1.807, 2.05) is 6.20 Å². The Labute approximate surface area is 117 Å². The van der Waals surface area contributed by atoms with Crippen LogP contribution >= 0.6 is 0 Å². The fourth-order valence-electron chi connectivity index (χ4n) is 2.79. The summed E-state index contributed by atoms with van der Waals surface area (Å²) in [7, 11) is 0. The molecule has 19 heavy (non-hydrogen) atoms. The molecule has 1 unspecified atom stereocenters. The Morgan fingerprint density at radius 3 is 2.84 bits per heavy atom. The Morgan fingerprint density at radius 2 is 2.11 bits per heavy atom. The Bertz CT molecular complexity index is 355. The molecular formula is C15H28N4. The van der Waals surface area contributed by atoms with E-state index in [1.54, 1.807) is 0 Å². The number of rotatable bonds is 7. The van der Waals surface area contributed by atoms with Crippen molar-refractivity contribution in [1.82, 2.24) is 14.5 Å². The summed E-state index contributed by atoms with van der Waals surface area (Å²) < 4.78 is 2.28. The summed E-state index contributed by atoms with van der Waals surface area (Å²) in [5, 5.41) is 3.45. The summed E-state index contributed by atoms with van der Waals surface area (Å²) in [5.41, 5.74) is 0. The molecular weight excluding hydrogens is 236 g/mol. The van der Waals surface area contributed by atoms with Gasteiger partial charge in [0, 0.05) is 31.5 Å². The van der Waals surface area contributed by atoms with Crippen molar-refractivity contribution >= 4 is 5.95 Å². The predicted octanol–water partition coefficient (Wildman–Crippen LogP) is 3.14. The van der Waals surface area contributed by atoms with Crippen molar-refractivity contribution in [3.63, 3.8) is 0 Å². The third-order valence-electron chi connectivity index (χ3n) is 3.93. The maximum Gasteiger partial charge on any atom is 0.203 e. The fourth-order valence-corrected chi connectivity index (χ4v) is 2.79. The van der Waals surface area contributed by atoms with Gasteiger partial charge in [-0.15, -0.1) is 0 Å². The van der Waals surface area contributed by atoms with Crippen LogP contribution in [0.2, 0.25) is 0 Å². The van der Waals surface area contributed by atoms with E-state index in [4.69, 9.17) is 0 Å². The lowest BCUT2D eigenvalue weighted by atomic mass is 10.1. The maximum absolute atomic E-state index is 4.44. The number of hydrogen-bond acceptors (Lipinski definition) is 3. The predicted molar refractivity (Wildman–Crippen MR) is 80.6 cm³/mol. The average Bonchev–Trinajstić information content (AvgIpc) is 2.89. The number of nitrogens with one attached hydrogen (secondary N) is 1.